The lowest BCUT2D eigenvalue weighted by atomic mass is 9.97. The number of likely N-dealkylation sites (N-methyl/N-ethyl adjacent to an activating group) is 1. The zero-order valence-electron chi connectivity index (χ0n) is 11.2. The highest BCUT2D eigenvalue weighted by molar-refractivity contribution is 9.10. The van der Waals surface area contributed by atoms with Gasteiger partial charge in [-0.2, -0.15) is 0 Å². The first-order valence-corrected chi connectivity index (χ1v) is 7.94. The Morgan fingerprint density at radius 1 is 1.39 bits per heavy atom. The molecule has 102 valence electrons. The molecule has 0 radical (unpaired) electrons. The molecule has 1 aromatic carbocycles. The van der Waals surface area contributed by atoms with Gasteiger partial charge in [0.05, 0.1) is 6.61 Å². The van der Waals surface area contributed by atoms with Gasteiger partial charge in [0.1, 0.15) is 0 Å². The van der Waals surface area contributed by atoms with E-state index in [9.17, 15) is 5.11 Å². The first kappa shape index (κ1) is 16.0. The van der Waals surface area contributed by atoms with Gasteiger partial charge in [0.25, 0.3) is 0 Å². The van der Waals surface area contributed by atoms with E-state index in [0.717, 1.165) is 17.4 Å². The van der Waals surface area contributed by atoms with Gasteiger partial charge in [-0.05, 0) is 44.2 Å². The van der Waals surface area contributed by atoms with Crippen molar-refractivity contribution in [3.05, 3.63) is 28.7 Å². The van der Waals surface area contributed by atoms with Crippen LogP contribution in [0.1, 0.15) is 27.2 Å². The third kappa shape index (κ3) is 5.31. The average Bonchev–Trinajstić information content (AvgIpc) is 2.32. The van der Waals surface area contributed by atoms with Crippen molar-refractivity contribution in [2.45, 2.75) is 42.9 Å². The van der Waals surface area contributed by atoms with Crippen LogP contribution in [0.4, 0.5) is 0 Å². The SMILES string of the molecule is CCNC(C)(CO)CC(C)Sc1ccc(Br)cc1. The third-order valence-corrected chi connectivity index (χ3v) is 4.48. The molecule has 2 atom stereocenters. The molecule has 4 heteroatoms. The topological polar surface area (TPSA) is 32.3 Å². The Bertz CT molecular complexity index is 357. The van der Waals surface area contributed by atoms with Crippen molar-refractivity contribution in [2.24, 2.45) is 0 Å². The van der Waals surface area contributed by atoms with Crippen LogP contribution in [-0.4, -0.2) is 29.0 Å². The van der Waals surface area contributed by atoms with Gasteiger partial charge in [0.2, 0.25) is 0 Å². The van der Waals surface area contributed by atoms with Gasteiger partial charge in [-0.15, -0.1) is 11.8 Å². The number of aliphatic hydroxyl groups excluding tert-OH is 1. The van der Waals surface area contributed by atoms with Crippen molar-refractivity contribution in [3.8, 4) is 0 Å². The molecule has 0 bridgehead atoms. The first-order valence-electron chi connectivity index (χ1n) is 6.27. The Balaban J connectivity index is 2.54. The van der Waals surface area contributed by atoms with Crippen molar-refractivity contribution in [3.63, 3.8) is 0 Å². The predicted octanol–water partition coefficient (Wildman–Crippen LogP) is 3.68. The summed E-state index contributed by atoms with van der Waals surface area (Å²) in [5, 5.41) is 13.3. The summed E-state index contributed by atoms with van der Waals surface area (Å²) in [5.41, 5.74) is -0.184. The van der Waals surface area contributed by atoms with Gasteiger partial charge >= 0.3 is 0 Å². The van der Waals surface area contributed by atoms with Crippen LogP contribution in [0.15, 0.2) is 33.6 Å². The monoisotopic (exact) mass is 331 g/mol. The van der Waals surface area contributed by atoms with Gasteiger partial charge in [-0.25, -0.2) is 0 Å². The summed E-state index contributed by atoms with van der Waals surface area (Å²) in [4.78, 5) is 1.27. The average molecular weight is 332 g/mol. The van der Waals surface area contributed by atoms with Gasteiger partial charge in [-0.3, -0.25) is 0 Å². The molecule has 2 unspecified atom stereocenters. The summed E-state index contributed by atoms with van der Waals surface area (Å²) >= 11 is 5.29. The number of benzene rings is 1. The van der Waals surface area contributed by atoms with E-state index in [1.54, 1.807) is 0 Å². The minimum atomic E-state index is -0.184. The van der Waals surface area contributed by atoms with E-state index in [2.05, 4.69) is 66.3 Å². The number of nitrogens with one attached hydrogen (secondary N) is 1. The smallest absolute Gasteiger partial charge is 0.0611 e. The zero-order chi connectivity index (χ0) is 13.6. The lowest BCUT2D eigenvalue weighted by Gasteiger charge is -2.31. The molecule has 18 heavy (non-hydrogen) atoms. The second-order valence-electron chi connectivity index (χ2n) is 4.84. The largest absolute Gasteiger partial charge is 0.394 e. The highest BCUT2D eigenvalue weighted by Crippen LogP contribution is 2.29. The van der Waals surface area contributed by atoms with E-state index >= 15 is 0 Å². The Morgan fingerprint density at radius 2 is 2.00 bits per heavy atom. The van der Waals surface area contributed by atoms with E-state index in [1.807, 2.05) is 11.8 Å². The van der Waals surface area contributed by atoms with Crippen molar-refractivity contribution >= 4 is 27.7 Å². The molecule has 2 N–H and O–H groups in total. The fourth-order valence-corrected chi connectivity index (χ4v) is 3.51. The molecule has 1 rings (SSSR count). The Hall–Kier alpha value is -0.0300. The molecular weight excluding hydrogens is 310 g/mol. The zero-order valence-corrected chi connectivity index (χ0v) is 13.6. The van der Waals surface area contributed by atoms with Gasteiger partial charge < -0.3 is 10.4 Å². The number of aliphatic hydroxyl groups is 1. The normalized spacial score (nSPS) is 16.3. The van der Waals surface area contributed by atoms with Crippen LogP contribution in [0, 0.1) is 0 Å². The van der Waals surface area contributed by atoms with E-state index in [-0.39, 0.29) is 12.1 Å². The fraction of sp³-hybridized carbons (Fsp3) is 0.571. The molecule has 0 amide bonds. The second-order valence-corrected chi connectivity index (χ2v) is 7.26. The molecule has 0 aliphatic rings. The summed E-state index contributed by atoms with van der Waals surface area (Å²) < 4.78 is 1.10. The number of halogens is 1. The maximum absolute atomic E-state index is 9.49. The van der Waals surface area contributed by atoms with Crippen LogP contribution in [0.5, 0.6) is 0 Å². The molecule has 0 aromatic heterocycles. The van der Waals surface area contributed by atoms with Crippen LogP contribution >= 0.6 is 27.7 Å². The van der Waals surface area contributed by atoms with Crippen LogP contribution in [0.25, 0.3) is 0 Å². The first-order chi connectivity index (χ1) is 8.49. The van der Waals surface area contributed by atoms with Gasteiger partial charge in [0.15, 0.2) is 0 Å². The summed E-state index contributed by atoms with van der Waals surface area (Å²) in [5.74, 6) is 0. The van der Waals surface area contributed by atoms with Gasteiger partial charge in [0, 0.05) is 20.2 Å². The minimum Gasteiger partial charge on any atom is -0.394 e. The Kier molecular flexibility index (Phi) is 6.71. The van der Waals surface area contributed by atoms with Crippen LogP contribution < -0.4 is 5.32 Å². The molecule has 0 aliphatic heterocycles. The maximum Gasteiger partial charge on any atom is 0.0611 e. The molecular formula is C14H22BrNOS. The lowest BCUT2D eigenvalue weighted by molar-refractivity contribution is 0.168. The highest BCUT2D eigenvalue weighted by atomic mass is 79.9. The quantitative estimate of drug-likeness (QED) is 0.747. The molecule has 0 spiro atoms. The number of hydrogen-bond acceptors (Lipinski definition) is 3. The third-order valence-electron chi connectivity index (χ3n) is 2.84. The lowest BCUT2D eigenvalue weighted by Crippen LogP contribution is -2.47. The minimum absolute atomic E-state index is 0.173. The van der Waals surface area contributed by atoms with E-state index < -0.39 is 0 Å². The van der Waals surface area contributed by atoms with Crippen molar-refractivity contribution < 1.29 is 5.11 Å². The molecule has 0 saturated carbocycles. The summed E-state index contributed by atoms with van der Waals surface area (Å²) in [6, 6.07) is 8.36. The Morgan fingerprint density at radius 3 is 2.50 bits per heavy atom. The number of rotatable bonds is 7. The second kappa shape index (κ2) is 7.53. The van der Waals surface area contributed by atoms with Crippen molar-refractivity contribution in [1.29, 1.82) is 0 Å². The summed E-state index contributed by atoms with van der Waals surface area (Å²) in [7, 11) is 0. The van der Waals surface area contributed by atoms with Crippen molar-refractivity contribution in [1.82, 2.24) is 5.32 Å². The molecule has 2 nitrogen and oxygen atoms in total. The fourth-order valence-electron chi connectivity index (χ4n) is 2.04. The molecule has 0 saturated heterocycles. The summed E-state index contributed by atoms with van der Waals surface area (Å²) in [6.07, 6.45) is 0.943. The predicted molar refractivity (Wildman–Crippen MR) is 83.2 cm³/mol. The maximum atomic E-state index is 9.49. The van der Waals surface area contributed by atoms with Crippen LogP contribution in [0.3, 0.4) is 0 Å². The highest BCUT2D eigenvalue weighted by Gasteiger charge is 2.24. The standard InChI is InChI=1S/C14H22BrNOS/c1-4-16-14(3,10-17)9-11(2)18-13-7-5-12(15)6-8-13/h5-8,11,16-17H,4,9-10H2,1-3H3. The van der Waals surface area contributed by atoms with E-state index in [0.29, 0.717) is 5.25 Å². The van der Waals surface area contributed by atoms with Crippen LogP contribution in [0.2, 0.25) is 0 Å². The molecule has 0 fully saturated rings. The molecule has 1 aromatic rings. The van der Waals surface area contributed by atoms with E-state index in [4.69, 9.17) is 0 Å². The van der Waals surface area contributed by atoms with E-state index in [1.165, 1.54) is 4.90 Å². The number of thioether (sulfide) groups is 1. The van der Waals surface area contributed by atoms with Crippen molar-refractivity contribution in [2.75, 3.05) is 13.2 Å². The number of hydrogen-bond donors (Lipinski definition) is 2. The summed E-state index contributed by atoms with van der Waals surface area (Å²) in [6.45, 7) is 7.41. The van der Waals surface area contributed by atoms with Gasteiger partial charge in [-0.1, -0.05) is 29.8 Å². The van der Waals surface area contributed by atoms with Crippen LogP contribution in [-0.2, 0) is 0 Å². The Labute approximate surface area is 123 Å². The molecule has 0 aliphatic carbocycles. The molecule has 0 heterocycles.